The molecule has 5 heteroatoms. The van der Waals surface area contributed by atoms with Gasteiger partial charge < -0.3 is 10.1 Å². The third kappa shape index (κ3) is 3.72. The molecular weight excluding hydrogens is 338 g/mol. The van der Waals surface area contributed by atoms with Crippen LogP contribution in [0.4, 0.5) is 0 Å². The third-order valence-corrected chi connectivity index (χ3v) is 4.49. The fourth-order valence-electron chi connectivity index (χ4n) is 3.03. The number of hydrogen-bond acceptors (Lipinski definition) is 4. The van der Waals surface area contributed by atoms with Crippen LogP contribution in [-0.2, 0) is 6.42 Å². The van der Waals surface area contributed by atoms with Gasteiger partial charge in [0.1, 0.15) is 11.4 Å². The minimum Gasteiger partial charge on any atom is -0.497 e. The number of hydrogen-bond donors (Lipinski definition) is 1. The second-order valence-corrected chi connectivity index (χ2v) is 6.30. The topological polar surface area (TPSA) is 64.1 Å². The molecule has 1 amide bonds. The van der Waals surface area contributed by atoms with Crippen LogP contribution in [-0.4, -0.2) is 29.5 Å². The fraction of sp³-hybridized carbons (Fsp3) is 0.136. The van der Waals surface area contributed by atoms with E-state index in [9.17, 15) is 4.79 Å². The number of para-hydroxylation sites is 2. The van der Waals surface area contributed by atoms with E-state index in [0.29, 0.717) is 17.8 Å². The number of carbonyl (C=O) groups is 1. The molecule has 0 bridgehead atoms. The number of benzene rings is 3. The van der Waals surface area contributed by atoms with E-state index in [1.807, 2.05) is 42.5 Å². The molecule has 4 aromatic rings. The van der Waals surface area contributed by atoms with Crippen LogP contribution in [0.1, 0.15) is 16.1 Å². The van der Waals surface area contributed by atoms with Gasteiger partial charge in [0.15, 0.2) is 0 Å². The van der Waals surface area contributed by atoms with Gasteiger partial charge in [-0.1, -0.05) is 36.4 Å². The minimum absolute atomic E-state index is 0.212. The van der Waals surface area contributed by atoms with Gasteiger partial charge in [-0.05, 0) is 47.0 Å². The Kier molecular flexibility index (Phi) is 4.66. The zero-order valence-electron chi connectivity index (χ0n) is 15.0. The Morgan fingerprint density at radius 2 is 1.81 bits per heavy atom. The van der Waals surface area contributed by atoms with E-state index < -0.39 is 0 Å². The first-order chi connectivity index (χ1) is 13.2. The number of amides is 1. The van der Waals surface area contributed by atoms with E-state index in [4.69, 9.17) is 4.74 Å². The number of aromatic nitrogens is 2. The lowest BCUT2D eigenvalue weighted by atomic mass is 10.0. The number of methoxy groups -OCH3 is 1. The lowest BCUT2D eigenvalue weighted by Crippen LogP contribution is -2.26. The van der Waals surface area contributed by atoms with Gasteiger partial charge in [-0.3, -0.25) is 9.78 Å². The number of ether oxygens (including phenoxy) is 1. The lowest BCUT2D eigenvalue weighted by molar-refractivity contribution is 0.0949. The Bertz CT molecular complexity index is 1120. The van der Waals surface area contributed by atoms with Gasteiger partial charge in [-0.2, -0.15) is 0 Å². The quantitative estimate of drug-likeness (QED) is 0.591. The molecule has 1 N–H and O–H groups in total. The van der Waals surface area contributed by atoms with Crippen LogP contribution in [0.5, 0.6) is 5.75 Å². The van der Waals surface area contributed by atoms with Crippen molar-refractivity contribution in [1.29, 1.82) is 0 Å². The van der Waals surface area contributed by atoms with Crippen molar-refractivity contribution in [2.75, 3.05) is 13.7 Å². The highest BCUT2D eigenvalue weighted by Gasteiger charge is 2.08. The van der Waals surface area contributed by atoms with E-state index in [0.717, 1.165) is 34.0 Å². The summed E-state index contributed by atoms with van der Waals surface area (Å²) in [5, 5.41) is 5.20. The maximum atomic E-state index is 12.3. The molecule has 27 heavy (non-hydrogen) atoms. The van der Waals surface area contributed by atoms with Crippen LogP contribution >= 0.6 is 0 Å². The van der Waals surface area contributed by atoms with Crippen LogP contribution in [0.25, 0.3) is 21.8 Å². The van der Waals surface area contributed by atoms with Crippen LogP contribution in [0.2, 0.25) is 0 Å². The predicted molar refractivity (Wildman–Crippen MR) is 106 cm³/mol. The Hall–Kier alpha value is -3.47. The number of carbonyl (C=O) groups excluding carboxylic acids is 1. The van der Waals surface area contributed by atoms with Crippen LogP contribution in [0.15, 0.2) is 66.9 Å². The van der Waals surface area contributed by atoms with Gasteiger partial charge >= 0.3 is 0 Å². The molecule has 0 saturated carbocycles. The van der Waals surface area contributed by atoms with Crippen molar-refractivity contribution in [2.24, 2.45) is 0 Å². The van der Waals surface area contributed by atoms with E-state index in [2.05, 4.69) is 33.5 Å². The summed E-state index contributed by atoms with van der Waals surface area (Å²) in [4.78, 5) is 21.0. The molecule has 0 unspecified atom stereocenters. The van der Waals surface area contributed by atoms with E-state index >= 15 is 0 Å². The first-order valence-electron chi connectivity index (χ1n) is 8.79. The van der Waals surface area contributed by atoms with Gasteiger partial charge in [-0.25, -0.2) is 4.98 Å². The Balaban J connectivity index is 1.42. The first kappa shape index (κ1) is 17.0. The molecule has 4 rings (SSSR count). The maximum Gasteiger partial charge on any atom is 0.271 e. The molecule has 3 aromatic carbocycles. The standard InChI is InChI=1S/C22H19N3O2/c1-27-18-9-8-16-7-6-15(12-17(16)13-18)10-11-23-22(26)21-14-24-19-4-2-3-5-20(19)25-21/h2-9,12-14H,10-11H2,1H3,(H,23,26). The molecule has 1 heterocycles. The SMILES string of the molecule is COc1ccc2ccc(CCNC(=O)c3cnc4ccccc4n3)cc2c1. The summed E-state index contributed by atoms with van der Waals surface area (Å²) >= 11 is 0. The van der Waals surface area contributed by atoms with Crippen molar-refractivity contribution in [3.8, 4) is 5.75 Å². The van der Waals surface area contributed by atoms with Gasteiger partial charge in [0.05, 0.1) is 24.3 Å². The van der Waals surface area contributed by atoms with Crippen LogP contribution < -0.4 is 10.1 Å². The number of nitrogens with one attached hydrogen (secondary N) is 1. The maximum absolute atomic E-state index is 12.3. The summed E-state index contributed by atoms with van der Waals surface area (Å²) in [6, 6.07) is 19.8. The summed E-state index contributed by atoms with van der Waals surface area (Å²) in [5.74, 6) is 0.624. The average Bonchev–Trinajstić information content (AvgIpc) is 2.72. The smallest absolute Gasteiger partial charge is 0.271 e. The van der Waals surface area contributed by atoms with E-state index in [1.54, 1.807) is 7.11 Å². The molecule has 134 valence electrons. The first-order valence-corrected chi connectivity index (χ1v) is 8.79. The summed E-state index contributed by atoms with van der Waals surface area (Å²) in [6.45, 7) is 0.531. The summed E-state index contributed by atoms with van der Waals surface area (Å²) in [6.07, 6.45) is 2.25. The minimum atomic E-state index is -0.212. The summed E-state index contributed by atoms with van der Waals surface area (Å²) < 4.78 is 5.28. The molecule has 0 fully saturated rings. The van der Waals surface area contributed by atoms with Crippen molar-refractivity contribution in [3.63, 3.8) is 0 Å². The molecular formula is C22H19N3O2. The second-order valence-electron chi connectivity index (χ2n) is 6.30. The Morgan fingerprint density at radius 3 is 2.67 bits per heavy atom. The zero-order valence-corrected chi connectivity index (χ0v) is 15.0. The van der Waals surface area contributed by atoms with Crippen molar-refractivity contribution >= 4 is 27.7 Å². The highest BCUT2D eigenvalue weighted by molar-refractivity contribution is 5.93. The predicted octanol–water partition coefficient (Wildman–Crippen LogP) is 3.76. The number of fused-ring (bicyclic) bond motifs is 2. The van der Waals surface area contributed by atoms with Gasteiger partial charge in [-0.15, -0.1) is 0 Å². The normalized spacial score (nSPS) is 10.9. The monoisotopic (exact) mass is 357 g/mol. The molecule has 0 spiro atoms. The molecule has 0 aliphatic rings. The zero-order chi connectivity index (χ0) is 18.6. The third-order valence-electron chi connectivity index (χ3n) is 4.49. The molecule has 0 aliphatic heterocycles. The molecule has 5 nitrogen and oxygen atoms in total. The van der Waals surface area contributed by atoms with Gasteiger partial charge in [0, 0.05) is 6.54 Å². The molecule has 1 aromatic heterocycles. The molecule has 0 radical (unpaired) electrons. The molecule has 0 atom stereocenters. The lowest BCUT2D eigenvalue weighted by Gasteiger charge is -2.07. The largest absolute Gasteiger partial charge is 0.497 e. The summed E-state index contributed by atoms with van der Waals surface area (Å²) in [7, 11) is 1.66. The Morgan fingerprint density at radius 1 is 1.00 bits per heavy atom. The van der Waals surface area contributed by atoms with E-state index in [-0.39, 0.29) is 5.91 Å². The highest BCUT2D eigenvalue weighted by atomic mass is 16.5. The summed E-state index contributed by atoms with van der Waals surface area (Å²) in [5.41, 5.74) is 2.98. The van der Waals surface area contributed by atoms with Crippen molar-refractivity contribution in [2.45, 2.75) is 6.42 Å². The number of nitrogens with zero attached hydrogens (tertiary/aromatic N) is 2. The van der Waals surface area contributed by atoms with Gasteiger partial charge in [0.2, 0.25) is 0 Å². The highest BCUT2D eigenvalue weighted by Crippen LogP contribution is 2.22. The number of rotatable bonds is 5. The Labute approximate surface area is 157 Å². The van der Waals surface area contributed by atoms with Crippen molar-refractivity contribution in [3.05, 3.63) is 78.1 Å². The van der Waals surface area contributed by atoms with Crippen molar-refractivity contribution < 1.29 is 9.53 Å². The van der Waals surface area contributed by atoms with Crippen molar-refractivity contribution in [1.82, 2.24) is 15.3 Å². The molecule has 0 aliphatic carbocycles. The van der Waals surface area contributed by atoms with Crippen LogP contribution in [0.3, 0.4) is 0 Å². The second kappa shape index (κ2) is 7.41. The van der Waals surface area contributed by atoms with Crippen LogP contribution in [0, 0.1) is 0 Å². The van der Waals surface area contributed by atoms with E-state index in [1.165, 1.54) is 6.20 Å². The fourth-order valence-corrected chi connectivity index (χ4v) is 3.03. The van der Waals surface area contributed by atoms with Gasteiger partial charge in [0.25, 0.3) is 5.91 Å². The molecule has 0 saturated heterocycles. The average molecular weight is 357 g/mol.